The number of rotatable bonds is 12. The Labute approximate surface area is 836 Å². The van der Waals surface area contributed by atoms with Crippen LogP contribution in [0.25, 0.3) is 96.1 Å². The van der Waals surface area contributed by atoms with E-state index in [9.17, 15) is 13.2 Å². The first kappa shape index (κ1) is 115. The summed E-state index contributed by atoms with van der Waals surface area (Å²) < 4.78 is 73.9. The van der Waals surface area contributed by atoms with Crippen LogP contribution in [0.4, 0.5) is 13.2 Å². The van der Waals surface area contributed by atoms with Crippen molar-refractivity contribution in [3.8, 4) is 18.2 Å². The Morgan fingerprint density at radius 1 is 0.260 bits per heavy atom. The molecule has 18 rings (SSSR count). The molecular formula is C96H78Cl3Co9F3N3O6S3-9. The van der Waals surface area contributed by atoms with Crippen LogP contribution in [-0.4, -0.2) is 0 Å². The largest absolute Gasteiger partial charge is 0.464 e. The van der Waals surface area contributed by atoms with Crippen molar-refractivity contribution in [3.05, 3.63) is 379 Å². The summed E-state index contributed by atoms with van der Waals surface area (Å²) in [4.78, 5) is 0. The topological polar surface area (TPSA) is 150 Å². The van der Waals surface area contributed by atoms with Gasteiger partial charge in [-0.05, 0) is 229 Å². The summed E-state index contributed by atoms with van der Waals surface area (Å²) in [5.41, 5.74) is 17.0. The van der Waals surface area contributed by atoms with Crippen molar-refractivity contribution in [1.82, 2.24) is 0 Å². The van der Waals surface area contributed by atoms with Gasteiger partial charge in [-0.25, -0.2) is 13.2 Å². The molecule has 123 heavy (non-hydrogen) atoms. The molecule has 0 amide bonds. The van der Waals surface area contributed by atoms with Crippen molar-refractivity contribution >= 4 is 165 Å². The van der Waals surface area contributed by atoms with Gasteiger partial charge < -0.3 is 88.8 Å². The Morgan fingerprint density at radius 2 is 0.472 bits per heavy atom. The number of hydrogen-bond donors (Lipinski definition) is 0. The van der Waals surface area contributed by atoms with E-state index in [1.807, 2.05) is 102 Å². The molecule has 0 aliphatic heterocycles. The Bertz CT molecular complexity index is 5880. The first-order valence-electron chi connectivity index (χ1n) is 36.2. The number of fused-ring (bicyclic) bond motifs is 9. The average molecular weight is 2160 g/mol. The Kier molecular flexibility index (Phi) is 54.4. The van der Waals surface area contributed by atoms with Crippen molar-refractivity contribution in [1.29, 1.82) is 15.8 Å². The first-order valence-corrected chi connectivity index (χ1v) is 40.0. The first-order chi connectivity index (χ1) is 55.4. The van der Waals surface area contributed by atoms with Gasteiger partial charge in [0.2, 0.25) is 0 Å². The van der Waals surface area contributed by atoms with E-state index < -0.39 is 0 Å². The Hall–Kier alpha value is -6.21. The average Bonchev–Trinajstić information content (AvgIpc) is 1.35. The monoisotopic (exact) mass is 2160 g/mol. The van der Waals surface area contributed by atoms with Crippen LogP contribution in [0.15, 0.2) is 244 Å². The smallest absolute Gasteiger partial charge is 0.134 e. The normalized spacial score (nSPS) is 9.85. The molecule has 9 radical (unpaired) electrons. The van der Waals surface area contributed by atoms with Crippen LogP contribution in [0.5, 0.6) is 0 Å². The van der Waals surface area contributed by atoms with Crippen LogP contribution < -0.4 is 0 Å². The molecule has 9 heterocycles. The summed E-state index contributed by atoms with van der Waals surface area (Å²) in [6.45, 7) is 34.2. The third-order valence-corrected chi connectivity index (χ3v) is 21.7. The number of nitriles is 3. The second-order valence-electron chi connectivity index (χ2n) is 25.5. The molecule has 0 atom stereocenters. The molecule has 18 aromatic rings. The van der Waals surface area contributed by atoms with Gasteiger partial charge in [0, 0.05) is 212 Å². The Balaban J connectivity index is 0.000000686. The molecule has 9 aromatic heterocycles. The zero-order valence-corrected chi connectivity index (χ0v) is 79.5. The molecule has 0 N–H and O–H groups in total. The van der Waals surface area contributed by atoms with Gasteiger partial charge in [0.15, 0.2) is 0 Å². The number of nitrogens with zero attached hydrogens (tertiary/aromatic N) is 3. The number of thiophene rings is 3. The zero-order valence-electron chi connectivity index (χ0n) is 65.4. The number of hydrogen-bond acceptors (Lipinski definition) is 12. The standard InChI is InChI=1S/C12H10NO.C11H10ClO.C11H10FO.C11H8NO.C11H8NS.C10H8ClO.C10H8ClS.C10H8FO.C10H8FS.9Co/c1-2-3-10-8-14-12-5-4-9(7-13)6-11(10)12;2*1-2-3-8-7-13-11-5-4-9(12)6-10(8)11;2*1-2-9-7-13-11-4-3-8(6-12)5-10(9)11;4*1-2-7-6-12-10-4-3-8(11)5-9(7)10;;;;;;;;;/h4-6,8H,1-3H2;2*4-7H,1-3H2;2*3-5,7H,1-2H2;4*3-6H,1-2H2;;;;;;;;;/q9*-1;;;;;;;;;. The second-order valence-corrected chi connectivity index (χ2v) is 29.5. The molecule has 663 valence electrons. The van der Waals surface area contributed by atoms with Crippen LogP contribution in [0.3, 0.4) is 0 Å². The number of aryl methyl sites for hydroxylation is 3. The van der Waals surface area contributed by atoms with Gasteiger partial charge >= 0.3 is 0 Å². The molecule has 27 heteroatoms. The molecule has 0 aliphatic carbocycles. The number of benzene rings is 9. The molecule has 0 unspecified atom stereocenters. The van der Waals surface area contributed by atoms with E-state index in [4.69, 9.17) is 77.1 Å². The second kappa shape index (κ2) is 58.3. The summed E-state index contributed by atoms with van der Waals surface area (Å²) in [5.74, 6) is -0.631. The maximum Gasteiger partial charge on any atom is 0.134 e. The van der Waals surface area contributed by atoms with Crippen molar-refractivity contribution in [2.24, 2.45) is 0 Å². The van der Waals surface area contributed by atoms with Gasteiger partial charge in [-0.3, -0.25) is 0 Å². The van der Waals surface area contributed by atoms with Crippen molar-refractivity contribution in [3.63, 3.8) is 0 Å². The molecule has 0 bridgehead atoms. The molecule has 0 aliphatic rings. The van der Waals surface area contributed by atoms with E-state index in [1.165, 1.54) is 67.2 Å². The van der Waals surface area contributed by atoms with E-state index in [1.54, 1.807) is 102 Å². The van der Waals surface area contributed by atoms with Gasteiger partial charge in [-0.2, -0.15) is 73.6 Å². The zero-order chi connectivity index (χ0) is 81.2. The predicted octanol–water partition coefficient (Wildman–Crippen LogP) is 29.8. The van der Waals surface area contributed by atoms with E-state index in [2.05, 4.69) is 97.3 Å². The van der Waals surface area contributed by atoms with Crippen LogP contribution in [0.2, 0.25) is 15.1 Å². The fourth-order valence-electron chi connectivity index (χ4n) is 12.1. The van der Waals surface area contributed by atoms with E-state index in [0.29, 0.717) is 24.0 Å². The number of furan rings is 6. The molecule has 0 fully saturated rings. The predicted molar refractivity (Wildman–Crippen MR) is 467 cm³/mol. The number of halogens is 6. The van der Waals surface area contributed by atoms with Gasteiger partial charge in [0.25, 0.3) is 0 Å². The van der Waals surface area contributed by atoms with Gasteiger partial charge in [0.1, 0.15) is 50.9 Å². The minimum absolute atomic E-state index is 0. The van der Waals surface area contributed by atoms with Crippen LogP contribution in [0.1, 0.15) is 86.0 Å². The van der Waals surface area contributed by atoms with E-state index in [0.717, 1.165) is 194 Å². The van der Waals surface area contributed by atoms with Crippen molar-refractivity contribution < 1.29 is 191 Å². The van der Waals surface area contributed by atoms with Gasteiger partial charge in [-0.1, -0.05) is 70.8 Å². The third kappa shape index (κ3) is 31.3. The SMILES string of the molecule is [CH2-]CCc1coc2ccc(C#N)cc12.[CH2-]CCc1coc2ccc(Cl)cc12.[CH2-]CCc1coc2ccc(F)cc12.[CH2-]Cc1coc2ccc(C#N)cc12.[CH2-]Cc1coc2ccc(Cl)cc12.[CH2-]Cc1coc2ccc(F)cc12.[CH2-]Cc1csc2ccc(C#N)cc12.[CH2-]Cc1csc2ccc(Cl)cc12.[CH2-]Cc1csc2ccc(F)cc12.[Co].[Co].[Co].[Co].[Co].[Co].[Co].[Co].[Co]. The van der Waals surface area contributed by atoms with E-state index >= 15 is 0 Å². The van der Waals surface area contributed by atoms with Gasteiger partial charge in [0.05, 0.1) is 72.5 Å². The molecule has 0 saturated heterocycles. The minimum Gasteiger partial charge on any atom is -0.464 e. The summed E-state index contributed by atoms with van der Waals surface area (Å²) in [5, 5.41) is 44.1. The van der Waals surface area contributed by atoms with E-state index in [-0.39, 0.29) is 168 Å². The maximum absolute atomic E-state index is 12.9. The molecule has 9 nitrogen and oxygen atoms in total. The maximum atomic E-state index is 12.9. The summed E-state index contributed by atoms with van der Waals surface area (Å²) in [6, 6.07) is 54.2. The minimum atomic E-state index is -0.237. The molecular weight excluding hydrogens is 2080 g/mol. The summed E-state index contributed by atoms with van der Waals surface area (Å²) in [7, 11) is 0. The van der Waals surface area contributed by atoms with Crippen LogP contribution >= 0.6 is 68.8 Å². The Morgan fingerprint density at radius 3 is 0.805 bits per heavy atom. The van der Waals surface area contributed by atoms with Crippen LogP contribution in [0, 0.1) is 114 Å². The van der Waals surface area contributed by atoms with Crippen molar-refractivity contribution in [2.45, 2.75) is 77.0 Å². The fraction of sp³-hybridized carbons (Fsp3) is 0.125. The molecule has 0 spiro atoms. The molecule has 9 aromatic carbocycles. The third-order valence-electron chi connectivity index (χ3n) is 18.0. The quantitative estimate of drug-likeness (QED) is 0.109. The van der Waals surface area contributed by atoms with Crippen LogP contribution in [-0.2, 0) is 209 Å². The van der Waals surface area contributed by atoms with Crippen molar-refractivity contribution in [2.75, 3.05) is 0 Å². The van der Waals surface area contributed by atoms with Gasteiger partial charge in [-0.15, -0.1) is 34.0 Å². The summed E-state index contributed by atoms with van der Waals surface area (Å²) in [6.07, 6.45) is 19.8. The fourth-order valence-corrected chi connectivity index (χ4v) is 15.5. The molecule has 0 saturated carbocycles. The summed E-state index contributed by atoms with van der Waals surface area (Å²) >= 11 is 22.7.